The Labute approximate surface area is 137 Å². The van der Waals surface area contributed by atoms with Crippen LogP contribution in [0.5, 0.6) is 0 Å². The van der Waals surface area contributed by atoms with Crippen LogP contribution in [0.25, 0.3) is 0 Å². The lowest BCUT2D eigenvalue weighted by Crippen LogP contribution is -1.89. The number of hydrogen-bond donors (Lipinski definition) is 1. The molecule has 4 heteroatoms. The zero-order valence-corrected chi connectivity index (χ0v) is 15.6. The second-order valence-electron chi connectivity index (χ2n) is 5.18. The highest BCUT2D eigenvalue weighted by atomic mass is 79.9. The number of hydrogen-bond acceptors (Lipinski definition) is 1. The van der Waals surface area contributed by atoms with Gasteiger partial charge in [-0.05, 0) is 29.3 Å². The van der Waals surface area contributed by atoms with Crippen molar-refractivity contribution in [3.63, 3.8) is 0 Å². The second kappa shape index (κ2) is 12.0. The van der Waals surface area contributed by atoms with E-state index in [2.05, 4.69) is 39.7 Å². The van der Waals surface area contributed by atoms with Gasteiger partial charge >= 0.3 is 0 Å². The Morgan fingerprint density at radius 2 is 1.47 bits per heavy atom. The van der Waals surface area contributed by atoms with Crippen LogP contribution in [0.2, 0.25) is 0 Å². The van der Waals surface area contributed by atoms with E-state index in [1.807, 2.05) is 0 Å². The molecule has 0 bridgehead atoms. The largest absolute Gasteiger partial charge is 0.345 e. The molecule has 112 valence electrons. The van der Waals surface area contributed by atoms with Gasteiger partial charge in [-0.1, -0.05) is 58.3 Å². The van der Waals surface area contributed by atoms with E-state index >= 15 is 0 Å². The fourth-order valence-corrected chi connectivity index (χ4v) is 2.53. The number of imidazole rings is 1. The lowest BCUT2D eigenvalue weighted by atomic mass is 10.1. The minimum Gasteiger partial charge on any atom is -0.345 e. The standard InChI is InChI=1S/C15H27BrN2.BrH/c1-3-4-5-6-7-8-9-10-11-12-14-17-13(2)15(16)18-14;/h3-12H2,1-2H3,(H,17,18);1H. The number of aromatic nitrogens is 2. The van der Waals surface area contributed by atoms with Crippen LogP contribution in [0.15, 0.2) is 4.60 Å². The monoisotopic (exact) mass is 394 g/mol. The maximum atomic E-state index is 4.44. The van der Waals surface area contributed by atoms with Crippen molar-refractivity contribution in [2.24, 2.45) is 0 Å². The molecular formula is C15H28Br2N2. The number of aryl methyl sites for hydroxylation is 2. The van der Waals surface area contributed by atoms with Crippen LogP contribution in [-0.4, -0.2) is 9.97 Å². The van der Waals surface area contributed by atoms with E-state index in [9.17, 15) is 0 Å². The van der Waals surface area contributed by atoms with Crippen LogP contribution in [0.4, 0.5) is 0 Å². The zero-order valence-electron chi connectivity index (χ0n) is 12.3. The quantitative estimate of drug-likeness (QED) is 0.474. The SMILES string of the molecule is Br.CCCCCCCCCCCc1nc(Br)c(C)[nH]1. The van der Waals surface area contributed by atoms with Gasteiger partial charge in [0, 0.05) is 12.1 Å². The van der Waals surface area contributed by atoms with Gasteiger partial charge in [0.2, 0.25) is 0 Å². The third-order valence-corrected chi connectivity index (χ3v) is 4.16. The highest BCUT2D eigenvalue weighted by Crippen LogP contribution is 2.14. The topological polar surface area (TPSA) is 28.7 Å². The molecular weight excluding hydrogens is 368 g/mol. The number of nitrogens with zero attached hydrogens (tertiary/aromatic N) is 1. The molecule has 0 aromatic carbocycles. The molecule has 1 N–H and O–H groups in total. The summed E-state index contributed by atoms with van der Waals surface area (Å²) in [7, 11) is 0. The van der Waals surface area contributed by atoms with Crippen molar-refractivity contribution in [3.8, 4) is 0 Å². The van der Waals surface area contributed by atoms with Gasteiger partial charge in [-0.15, -0.1) is 17.0 Å². The number of rotatable bonds is 10. The molecule has 0 aliphatic carbocycles. The van der Waals surface area contributed by atoms with Gasteiger partial charge < -0.3 is 4.98 Å². The van der Waals surface area contributed by atoms with Crippen LogP contribution in [0.1, 0.15) is 76.2 Å². The lowest BCUT2D eigenvalue weighted by Gasteiger charge is -2.01. The van der Waals surface area contributed by atoms with Crippen LogP contribution >= 0.6 is 32.9 Å². The van der Waals surface area contributed by atoms with E-state index in [4.69, 9.17) is 0 Å². The van der Waals surface area contributed by atoms with Gasteiger partial charge in [0.15, 0.2) is 0 Å². The summed E-state index contributed by atoms with van der Waals surface area (Å²) in [5.41, 5.74) is 1.14. The number of nitrogens with one attached hydrogen (secondary N) is 1. The molecule has 0 radical (unpaired) electrons. The molecule has 0 atom stereocenters. The molecule has 2 nitrogen and oxygen atoms in total. The molecule has 0 aliphatic rings. The van der Waals surface area contributed by atoms with Crippen molar-refractivity contribution < 1.29 is 0 Å². The molecule has 1 rings (SSSR count). The summed E-state index contributed by atoms with van der Waals surface area (Å²) in [6.45, 7) is 4.32. The van der Waals surface area contributed by atoms with E-state index in [1.54, 1.807) is 0 Å². The summed E-state index contributed by atoms with van der Waals surface area (Å²) in [6.07, 6.45) is 13.5. The molecule has 0 saturated carbocycles. The fourth-order valence-electron chi connectivity index (χ4n) is 2.22. The molecule has 0 unspecified atom stereocenters. The van der Waals surface area contributed by atoms with Crippen LogP contribution in [0.3, 0.4) is 0 Å². The summed E-state index contributed by atoms with van der Waals surface area (Å²) in [6, 6.07) is 0. The number of aromatic amines is 1. The molecule has 1 aromatic heterocycles. The summed E-state index contributed by atoms with van der Waals surface area (Å²) < 4.78 is 0.966. The Bertz CT molecular complexity index is 304. The van der Waals surface area contributed by atoms with Gasteiger partial charge in [0.25, 0.3) is 0 Å². The van der Waals surface area contributed by atoms with Crippen molar-refractivity contribution in [1.29, 1.82) is 0 Å². The van der Waals surface area contributed by atoms with Crippen molar-refractivity contribution in [3.05, 3.63) is 16.1 Å². The minimum absolute atomic E-state index is 0. The van der Waals surface area contributed by atoms with E-state index in [1.165, 1.54) is 57.8 Å². The van der Waals surface area contributed by atoms with Crippen molar-refractivity contribution >= 4 is 32.9 Å². The highest BCUT2D eigenvalue weighted by Gasteiger charge is 2.02. The van der Waals surface area contributed by atoms with Gasteiger partial charge in [-0.25, -0.2) is 4.98 Å². The van der Waals surface area contributed by atoms with Crippen LogP contribution in [0, 0.1) is 6.92 Å². The van der Waals surface area contributed by atoms with Crippen molar-refractivity contribution in [2.75, 3.05) is 0 Å². The van der Waals surface area contributed by atoms with Gasteiger partial charge in [0.05, 0.1) is 0 Å². The predicted octanol–water partition coefficient (Wildman–Crippen LogP) is 6.13. The van der Waals surface area contributed by atoms with Gasteiger partial charge in [0.1, 0.15) is 10.4 Å². The normalized spacial score (nSPS) is 10.5. The lowest BCUT2D eigenvalue weighted by molar-refractivity contribution is 0.562. The van der Waals surface area contributed by atoms with Gasteiger partial charge in [-0.2, -0.15) is 0 Å². The molecule has 1 aromatic rings. The molecule has 19 heavy (non-hydrogen) atoms. The Balaban J connectivity index is 0.00000324. The maximum Gasteiger partial charge on any atom is 0.127 e. The zero-order chi connectivity index (χ0) is 13.2. The summed E-state index contributed by atoms with van der Waals surface area (Å²) >= 11 is 3.44. The third kappa shape index (κ3) is 8.85. The highest BCUT2D eigenvalue weighted by molar-refractivity contribution is 9.10. The average Bonchev–Trinajstić information content (AvgIpc) is 2.67. The maximum absolute atomic E-state index is 4.44. The van der Waals surface area contributed by atoms with Gasteiger partial charge in [-0.3, -0.25) is 0 Å². The number of H-pyrrole nitrogens is 1. The first-order chi connectivity index (χ1) is 8.74. The minimum atomic E-state index is 0. The Morgan fingerprint density at radius 3 is 1.95 bits per heavy atom. The fraction of sp³-hybridized carbons (Fsp3) is 0.800. The second-order valence-corrected chi connectivity index (χ2v) is 5.93. The number of unbranched alkanes of at least 4 members (excludes halogenated alkanes) is 8. The summed E-state index contributed by atoms with van der Waals surface area (Å²) in [5.74, 6) is 1.13. The number of halogens is 2. The smallest absolute Gasteiger partial charge is 0.127 e. The summed E-state index contributed by atoms with van der Waals surface area (Å²) in [5, 5.41) is 0. The molecule has 0 amide bonds. The van der Waals surface area contributed by atoms with E-state index in [-0.39, 0.29) is 17.0 Å². The molecule has 0 spiro atoms. The first-order valence-electron chi connectivity index (χ1n) is 7.45. The average molecular weight is 396 g/mol. The third-order valence-electron chi connectivity index (χ3n) is 3.39. The summed E-state index contributed by atoms with van der Waals surface area (Å²) in [4.78, 5) is 7.75. The predicted molar refractivity (Wildman–Crippen MR) is 92.3 cm³/mol. The van der Waals surface area contributed by atoms with E-state index in [0.29, 0.717) is 0 Å². The molecule has 0 aliphatic heterocycles. The van der Waals surface area contributed by atoms with Crippen molar-refractivity contribution in [1.82, 2.24) is 9.97 Å². The first-order valence-corrected chi connectivity index (χ1v) is 8.24. The molecule has 0 saturated heterocycles. The Hall–Kier alpha value is 0.170. The molecule has 0 fully saturated rings. The van der Waals surface area contributed by atoms with E-state index in [0.717, 1.165) is 22.5 Å². The Morgan fingerprint density at radius 1 is 0.947 bits per heavy atom. The van der Waals surface area contributed by atoms with Crippen LogP contribution in [-0.2, 0) is 6.42 Å². The first kappa shape index (κ1) is 19.2. The molecule has 1 heterocycles. The van der Waals surface area contributed by atoms with Crippen molar-refractivity contribution in [2.45, 2.75) is 78.1 Å². The van der Waals surface area contributed by atoms with Crippen LogP contribution < -0.4 is 0 Å². The Kier molecular flexibility index (Phi) is 12.1. The van der Waals surface area contributed by atoms with E-state index < -0.39 is 0 Å².